The molecule has 1 fully saturated rings. The normalized spacial score (nSPS) is 20.7. The van der Waals surface area contributed by atoms with E-state index < -0.39 is 67.9 Å². The summed E-state index contributed by atoms with van der Waals surface area (Å²) in [4.78, 5) is 0. The average Bonchev–Trinajstić information content (AvgIpc) is 1.59. The van der Waals surface area contributed by atoms with Gasteiger partial charge in [-0.3, -0.25) is 0 Å². The molecule has 0 spiro atoms. The van der Waals surface area contributed by atoms with E-state index in [-0.39, 0.29) is 0 Å². The zero-order chi connectivity index (χ0) is 6.85. The van der Waals surface area contributed by atoms with Crippen molar-refractivity contribution in [3.05, 3.63) is 0 Å². The first-order chi connectivity index (χ1) is 4.18. The van der Waals surface area contributed by atoms with Gasteiger partial charge in [-0.15, -0.1) is 0 Å². The van der Waals surface area contributed by atoms with E-state index in [2.05, 4.69) is 2.67 Å². The summed E-state index contributed by atoms with van der Waals surface area (Å²) in [5, 5.41) is 0. The summed E-state index contributed by atoms with van der Waals surface area (Å²) in [6.45, 7) is 0. The van der Waals surface area contributed by atoms with E-state index in [4.69, 9.17) is 0 Å². The van der Waals surface area contributed by atoms with Crippen molar-refractivity contribution in [2.24, 2.45) is 0 Å². The summed E-state index contributed by atoms with van der Waals surface area (Å²) in [6.07, 6.45) is 0. The maximum absolute atomic E-state index is 10.3. The maximum atomic E-state index is 10.3. The predicted molar refractivity (Wildman–Crippen MR) is 5.31 cm³/mol. The first-order valence-electron chi connectivity index (χ1n) is 1.84. The van der Waals surface area contributed by atoms with Crippen LogP contribution in [0.4, 0.5) is 0 Å². The molecule has 0 bridgehead atoms. The topological polar surface area (TPSA) is 78.9 Å². The molecule has 9 heteroatoms. The summed E-state index contributed by atoms with van der Waals surface area (Å²) in [7, 11) is 0. The van der Waals surface area contributed by atoms with Crippen molar-refractivity contribution >= 4 is 0 Å². The predicted octanol–water partition coefficient (Wildman–Crippen LogP) is -0.569. The molecule has 1 aliphatic rings. The van der Waals surface area contributed by atoms with Crippen LogP contribution in [0.25, 0.3) is 0 Å². The Morgan fingerprint density at radius 2 is 0.889 bits per heavy atom. The van der Waals surface area contributed by atoms with Crippen LogP contribution < -0.4 is 0 Å². The molecule has 0 N–H and O–H groups in total. The standard InChI is InChI=1S/6O.3Zr. The van der Waals surface area contributed by atoms with Crippen LogP contribution in [0.1, 0.15) is 0 Å². The minimum atomic E-state index is -3.53. The molecule has 0 aromatic rings. The monoisotopic (exact) mass is 366 g/mol. The Bertz CT molecular complexity index is 135. The third-order valence-electron chi connectivity index (χ3n) is 0.500. The van der Waals surface area contributed by atoms with Gasteiger partial charge >= 0.3 is 79.0 Å². The van der Waals surface area contributed by atoms with Crippen LogP contribution in [0.5, 0.6) is 0 Å². The van der Waals surface area contributed by atoms with Crippen LogP contribution in [0.2, 0.25) is 0 Å². The molecule has 0 aromatic heterocycles. The molecule has 0 radical (unpaired) electrons. The van der Waals surface area contributed by atoms with Crippen LogP contribution in [0.3, 0.4) is 0 Å². The SMILES string of the molecule is [O]=[Zr]1[O][Zr](=[O])[O][Zr](=[O])[O]1. The van der Waals surface area contributed by atoms with Crippen LogP contribution >= 0.6 is 0 Å². The zero-order valence-electron chi connectivity index (χ0n) is 3.95. The number of rotatable bonds is 0. The molecule has 1 rings (SSSR count). The van der Waals surface area contributed by atoms with Crippen LogP contribution in [-0.4, -0.2) is 0 Å². The van der Waals surface area contributed by atoms with Crippen molar-refractivity contribution in [2.45, 2.75) is 0 Å². The molecule has 48 valence electrons. The van der Waals surface area contributed by atoms with Gasteiger partial charge in [-0.25, -0.2) is 0 Å². The molecule has 0 unspecified atom stereocenters. The van der Waals surface area contributed by atoms with Gasteiger partial charge < -0.3 is 0 Å². The molecule has 0 atom stereocenters. The first kappa shape index (κ1) is 9.02. The third-order valence-corrected chi connectivity index (χ3v) is 17.5. The van der Waals surface area contributed by atoms with E-state index >= 15 is 0 Å². The van der Waals surface area contributed by atoms with Gasteiger partial charge in [0.2, 0.25) is 0 Å². The fourth-order valence-electron chi connectivity index (χ4n) is 0.267. The van der Waals surface area contributed by atoms with Gasteiger partial charge in [-0.05, 0) is 0 Å². The quantitative estimate of drug-likeness (QED) is 0.569. The number of hydrogen-bond acceptors (Lipinski definition) is 6. The van der Waals surface area contributed by atoms with E-state index in [1.54, 1.807) is 0 Å². The molecule has 1 aliphatic heterocycles. The van der Waals surface area contributed by atoms with Crippen molar-refractivity contribution < 1.29 is 79.0 Å². The Labute approximate surface area is 77.5 Å². The molecule has 0 amide bonds. The molecule has 1 heterocycles. The van der Waals surface area contributed by atoms with Gasteiger partial charge in [0, 0.05) is 0 Å². The van der Waals surface area contributed by atoms with Gasteiger partial charge in [-0.1, -0.05) is 0 Å². The second kappa shape index (κ2) is 4.08. The number of hydrogen-bond donors (Lipinski definition) is 0. The summed E-state index contributed by atoms with van der Waals surface area (Å²) in [5.74, 6) is 0. The van der Waals surface area contributed by atoms with Crippen LogP contribution in [-0.2, 0) is 79.0 Å². The van der Waals surface area contributed by atoms with Crippen molar-refractivity contribution in [1.82, 2.24) is 0 Å². The molecular formula is O6Zr3. The van der Waals surface area contributed by atoms with Crippen molar-refractivity contribution in [1.29, 1.82) is 0 Å². The molecule has 9 heavy (non-hydrogen) atoms. The molecule has 0 aliphatic carbocycles. The molecule has 6 nitrogen and oxygen atoms in total. The summed E-state index contributed by atoms with van der Waals surface area (Å²) in [5.41, 5.74) is 0. The van der Waals surface area contributed by atoms with Crippen molar-refractivity contribution in [2.75, 3.05) is 0 Å². The van der Waals surface area contributed by atoms with Crippen LogP contribution in [0.15, 0.2) is 0 Å². The zero-order valence-corrected chi connectivity index (χ0v) is 11.3. The summed E-state index contributed by atoms with van der Waals surface area (Å²) >= 11 is -10.6. The average molecular weight is 370 g/mol. The van der Waals surface area contributed by atoms with Crippen LogP contribution in [0, 0.1) is 0 Å². The van der Waals surface area contributed by atoms with Crippen molar-refractivity contribution in [3.63, 3.8) is 0 Å². The fraction of sp³-hybridized carbons (Fsp3) is 0. The fourth-order valence-corrected chi connectivity index (χ4v) is 20.1. The van der Waals surface area contributed by atoms with E-state index in [1.165, 1.54) is 0 Å². The van der Waals surface area contributed by atoms with E-state index in [0.717, 1.165) is 0 Å². The molecule has 0 saturated carbocycles. The Kier molecular flexibility index (Phi) is 4.09. The molecular weight excluding hydrogens is 370 g/mol. The molecule has 1 saturated heterocycles. The molecule has 0 aromatic carbocycles. The van der Waals surface area contributed by atoms with Gasteiger partial charge in [0.05, 0.1) is 0 Å². The third kappa shape index (κ3) is 3.22. The Hall–Kier alpha value is 1.93. The minimum absolute atomic E-state index is 3.53. The summed E-state index contributed by atoms with van der Waals surface area (Å²) in [6, 6.07) is 0. The second-order valence-corrected chi connectivity index (χ2v) is 15.2. The van der Waals surface area contributed by atoms with E-state index in [1.807, 2.05) is 0 Å². The Balaban J connectivity index is 2.64. The van der Waals surface area contributed by atoms with Gasteiger partial charge in [0.1, 0.15) is 0 Å². The van der Waals surface area contributed by atoms with Gasteiger partial charge in [0.25, 0.3) is 0 Å². The second-order valence-electron chi connectivity index (χ2n) is 1.06. The van der Waals surface area contributed by atoms with Gasteiger partial charge in [0.15, 0.2) is 0 Å². The van der Waals surface area contributed by atoms with E-state index in [9.17, 15) is 8.44 Å². The first-order valence-corrected chi connectivity index (χ1v) is 10.9. The van der Waals surface area contributed by atoms with Gasteiger partial charge in [-0.2, -0.15) is 0 Å². The van der Waals surface area contributed by atoms with Crippen molar-refractivity contribution in [3.8, 4) is 0 Å². The Morgan fingerprint density at radius 3 is 1.11 bits per heavy atom. The Morgan fingerprint density at radius 1 is 0.667 bits per heavy atom. The summed E-state index contributed by atoms with van der Waals surface area (Å²) < 4.78 is 43.7. The van der Waals surface area contributed by atoms with E-state index in [0.29, 0.717) is 0 Å².